The van der Waals surface area contributed by atoms with E-state index in [9.17, 15) is 14.4 Å². The highest BCUT2D eigenvalue weighted by Gasteiger charge is 2.55. The van der Waals surface area contributed by atoms with Gasteiger partial charge in [0.2, 0.25) is 5.91 Å². The average Bonchev–Trinajstić information content (AvgIpc) is 3.10. The Morgan fingerprint density at radius 3 is 2.50 bits per heavy atom. The standard InChI is InChI=1S/C16H17N3O5/c1-3-23-10-7-5-9(6-8-10)19-14(20)11-12(15(19)21)17-18-13(11)16(22)24-4-2/h5-8,11-12,17H,3-4H2,1-2H3/t11-,12+/m0/s1. The van der Waals surface area contributed by atoms with Crippen LogP contribution in [0.25, 0.3) is 0 Å². The molecule has 1 aromatic carbocycles. The maximum absolute atomic E-state index is 12.7. The molecule has 8 nitrogen and oxygen atoms in total. The molecule has 0 bridgehead atoms. The van der Waals surface area contributed by atoms with Gasteiger partial charge in [-0.1, -0.05) is 0 Å². The molecule has 2 heterocycles. The zero-order valence-corrected chi connectivity index (χ0v) is 13.3. The minimum atomic E-state index is -0.955. The van der Waals surface area contributed by atoms with Crippen molar-refractivity contribution < 1.29 is 23.9 Å². The number of carbonyl (C=O) groups is 3. The lowest BCUT2D eigenvalue weighted by Gasteiger charge is -2.16. The Balaban J connectivity index is 1.85. The van der Waals surface area contributed by atoms with Crippen LogP contribution in [0.3, 0.4) is 0 Å². The van der Waals surface area contributed by atoms with Gasteiger partial charge in [0.25, 0.3) is 5.91 Å². The van der Waals surface area contributed by atoms with Crippen molar-refractivity contribution in [3.05, 3.63) is 24.3 Å². The molecule has 126 valence electrons. The third-order valence-electron chi connectivity index (χ3n) is 3.82. The molecule has 0 radical (unpaired) electrons. The lowest BCUT2D eigenvalue weighted by molar-refractivity contribution is -0.136. The molecule has 24 heavy (non-hydrogen) atoms. The monoisotopic (exact) mass is 331 g/mol. The van der Waals surface area contributed by atoms with Crippen molar-refractivity contribution in [3.63, 3.8) is 0 Å². The summed E-state index contributed by atoms with van der Waals surface area (Å²) in [7, 11) is 0. The smallest absolute Gasteiger partial charge is 0.355 e. The number of nitrogens with zero attached hydrogens (tertiary/aromatic N) is 2. The second-order valence-corrected chi connectivity index (χ2v) is 5.24. The van der Waals surface area contributed by atoms with Crippen molar-refractivity contribution in [2.75, 3.05) is 18.1 Å². The Morgan fingerprint density at radius 2 is 1.88 bits per heavy atom. The van der Waals surface area contributed by atoms with Crippen LogP contribution in [0, 0.1) is 5.92 Å². The summed E-state index contributed by atoms with van der Waals surface area (Å²) in [6, 6.07) is 5.75. The van der Waals surface area contributed by atoms with E-state index in [4.69, 9.17) is 9.47 Å². The van der Waals surface area contributed by atoms with Crippen molar-refractivity contribution in [3.8, 4) is 5.75 Å². The number of amides is 2. The van der Waals surface area contributed by atoms with Crippen LogP contribution in [0.4, 0.5) is 5.69 Å². The summed E-state index contributed by atoms with van der Waals surface area (Å²) >= 11 is 0. The number of hydrogen-bond donors (Lipinski definition) is 1. The molecular weight excluding hydrogens is 314 g/mol. The Bertz CT molecular complexity index is 713. The van der Waals surface area contributed by atoms with Crippen molar-refractivity contribution in [2.24, 2.45) is 11.0 Å². The van der Waals surface area contributed by atoms with Crippen LogP contribution in [-0.4, -0.2) is 42.8 Å². The normalized spacial score (nSPS) is 22.1. The number of fused-ring (bicyclic) bond motifs is 1. The Kier molecular flexibility index (Phi) is 4.20. The van der Waals surface area contributed by atoms with Gasteiger partial charge in [0.15, 0.2) is 5.71 Å². The van der Waals surface area contributed by atoms with Crippen LogP contribution >= 0.6 is 0 Å². The molecule has 0 unspecified atom stereocenters. The highest BCUT2D eigenvalue weighted by Crippen LogP contribution is 2.31. The highest BCUT2D eigenvalue weighted by atomic mass is 16.5. The maximum atomic E-state index is 12.7. The van der Waals surface area contributed by atoms with Crippen LogP contribution in [0.1, 0.15) is 13.8 Å². The van der Waals surface area contributed by atoms with E-state index in [1.165, 1.54) is 0 Å². The summed E-state index contributed by atoms with van der Waals surface area (Å²) in [6.07, 6.45) is 0. The van der Waals surface area contributed by atoms with E-state index in [0.717, 1.165) is 4.90 Å². The number of imide groups is 1. The van der Waals surface area contributed by atoms with E-state index < -0.39 is 29.7 Å². The quantitative estimate of drug-likeness (QED) is 0.622. The number of anilines is 1. The van der Waals surface area contributed by atoms with E-state index in [-0.39, 0.29) is 12.3 Å². The molecule has 1 saturated heterocycles. The largest absolute Gasteiger partial charge is 0.494 e. The second kappa shape index (κ2) is 6.31. The number of rotatable bonds is 5. The molecule has 2 amide bonds. The van der Waals surface area contributed by atoms with Gasteiger partial charge in [0.1, 0.15) is 17.7 Å². The first kappa shape index (κ1) is 16.0. The molecule has 2 atom stereocenters. The number of benzene rings is 1. The maximum Gasteiger partial charge on any atom is 0.355 e. The Hall–Kier alpha value is -2.90. The number of hydrazone groups is 1. The fourth-order valence-corrected chi connectivity index (χ4v) is 2.78. The first-order chi connectivity index (χ1) is 11.6. The number of hydrogen-bond acceptors (Lipinski definition) is 7. The van der Waals surface area contributed by atoms with Crippen LogP contribution < -0.4 is 15.1 Å². The molecule has 8 heteroatoms. The van der Waals surface area contributed by atoms with Gasteiger partial charge in [-0.2, -0.15) is 5.10 Å². The van der Waals surface area contributed by atoms with E-state index in [1.807, 2.05) is 6.92 Å². The average molecular weight is 331 g/mol. The van der Waals surface area contributed by atoms with Crippen LogP contribution in [0.2, 0.25) is 0 Å². The second-order valence-electron chi connectivity index (χ2n) is 5.24. The molecule has 1 aromatic rings. The number of esters is 1. The fraction of sp³-hybridized carbons (Fsp3) is 0.375. The van der Waals surface area contributed by atoms with Gasteiger partial charge in [0, 0.05) is 0 Å². The van der Waals surface area contributed by atoms with Crippen molar-refractivity contribution in [2.45, 2.75) is 19.9 Å². The van der Waals surface area contributed by atoms with Gasteiger partial charge in [-0.05, 0) is 38.1 Å². The number of carbonyl (C=O) groups excluding carboxylic acids is 3. The van der Waals surface area contributed by atoms with E-state index in [2.05, 4.69) is 10.5 Å². The lowest BCUT2D eigenvalue weighted by Crippen LogP contribution is -2.36. The number of ether oxygens (including phenoxy) is 2. The first-order valence-corrected chi connectivity index (χ1v) is 7.69. The molecule has 3 rings (SSSR count). The fourth-order valence-electron chi connectivity index (χ4n) is 2.78. The summed E-state index contributed by atoms with van der Waals surface area (Å²) in [4.78, 5) is 38.2. The van der Waals surface area contributed by atoms with Crippen molar-refractivity contribution in [1.29, 1.82) is 0 Å². The van der Waals surface area contributed by atoms with Gasteiger partial charge in [-0.3, -0.25) is 15.0 Å². The number of nitrogens with one attached hydrogen (secondary N) is 1. The molecule has 2 aliphatic rings. The van der Waals surface area contributed by atoms with Crippen molar-refractivity contribution in [1.82, 2.24) is 5.43 Å². The SMILES string of the molecule is CCOC(=O)C1=NN[C@H]2C(=O)N(c3ccc(OCC)cc3)C(=O)[C@H]12. The van der Waals surface area contributed by atoms with Crippen LogP contribution in [0.5, 0.6) is 5.75 Å². The zero-order chi connectivity index (χ0) is 17.3. The first-order valence-electron chi connectivity index (χ1n) is 7.69. The van der Waals surface area contributed by atoms with Gasteiger partial charge >= 0.3 is 5.97 Å². The van der Waals surface area contributed by atoms with E-state index in [0.29, 0.717) is 18.0 Å². The summed E-state index contributed by atoms with van der Waals surface area (Å²) in [5.74, 6) is -1.94. The summed E-state index contributed by atoms with van der Waals surface area (Å²) < 4.78 is 10.2. The molecule has 1 N–H and O–H groups in total. The molecule has 0 aromatic heterocycles. The molecule has 0 aliphatic carbocycles. The van der Waals surface area contributed by atoms with Crippen molar-refractivity contribution >= 4 is 29.2 Å². The van der Waals surface area contributed by atoms with Gasteiger partial charge in [-0.25, -0.2) is 9.69 Å². The molecule has 0 saturated carbocycles. The predicted molar refractivity (Wildman–Crippen MR) is 84.6 cm³/mol. The summed E-state index contributed by atoms with van der Waals surface area (Å²) in [5.41, 5.74) is 2.93. The molecule has 0 spiro atoms. The third-order valence-corrected chi connectivity index (χ3v) is 3.82. The minimum Gasteiger partial charge on any atom is -0.494 e. The summed E-state index contributed by atoms with van der Waals surface area (Å²) in [5, 5.41) is 3.81. The zero-order valence-electron chi connectivity index (χ0n) is 13.3. The minimum absolute atomic E-state index is 0.0614. The van der Waals surface area contributed by atoms with E-state index >= 15 is 0 Å². The molecular formula is C16H17N3O5. The van der Waals surface area contributed by atoms with Gasteiger partial charge < -0.3 is 9.47 Å². The molecule has 2 aliphatic heterocycles. The topological polar surface area (TPSA) is 97.3 Å². The third kappa shape index (κ3) is 2.49. The predicted octanol–water partition coefficient (Wildman–Crippen LogP) is 0.466. The Labute approximate surface area is 138 Å². The van der Waals surface area contributed by atoms with E-state index in [1.54, 1.807) is 31.2 Å². The Morgan fingerprint density at radius 1 is 1.17 bits per heavy atom. The van der Waals surface area contributed by atoms with Crippen LogP contribution in [0.15, 0.2) is 29.4 Å². The molecule has 1 fully saturated rings. The highest BCUT2D eigenvalue weighted by molar-refractivity contribution is 6.46. The van der Waals surface area contributed by atoms with Gasteiger partial charge in [-0.15, -0.1) is 0 Å². The van der Waals surface area contributed by atoms with Crippen LogP contribution in [-0.2, 0) is 19.1 Å². The summed E-state index contributed by atoms with van der Waals surface area (Å²) in [6.45, 7) is 4.21. The lowest BCUT2D eigenvalue weighted by atomic mass is 9.99. The van der Waals surface area contributed by atoms with Gasteiger partial charge in [0.05, 0.1) is 18.9 Å².